The Balaban J connectivity index is 0.000000226. The molecule has 8 aromatic rings. The highest BCUT2D eigenvalue weighted by molar-refractivity contribution is 7.86. The summed E-state index contributed by atoms with van der Waals surface area (Å²) in [6, 6.07) is 55.8. The SMILES string of the molecule is Cc1ccc([S@](=O)c2cc(C(C)(C)C)ccc2Nc2ccc(C(C)(C)C)cc2[S@@](=O)c2ccc(C)cc2)cc1.Cc1ccc([S@](=O)c2cc(C(C)(C)C)ccc2Nc2ccc(C(C)(C)C)cc2[S@@](=O)c2ccc(C)cc2)cc1. The summed E-state index contributed by atoms with van der Waals surface area (Å²) in [4.78, 5) is 5.83. The van der Waals surface area contributed by atoms with Gasteiger partial charge in [-0.3, -0.25) is 0 Å². The number of nitrogens with one attached hydrogen (secondary N) is 2. The molecular weight excluding hydrogens is 1040 g/mol. The average Bonchev–Trinajstić information content (AvgIpc) is 3.39. The van der Waals surface area contributed by atoms with Crippen molar-refractivity contribution in [1.82, 2.24) is 0 Å². The molecule has 0 aromatic heterocycles. The summed E-state index contributed by atoms with van der Waals surface area (Å²) >= 11 is 0. The van der Waals surface area contributed by atoms with Gasteiger partial charge in [-0.2, -0.15) is 0 Å². The Hall–Kier alpha value is -6.04. The largest absolute Gasteiger partial charge is 0.354 e. The summed E-state index contributed by atoms with van der Waals surface area (Å²) in [5.74, 6) is 0. The molecule has 0 aliphatic rings. The molecule has 408 valence electrons. The fourth-order valence-corrected chi connectivity index (χ4v) is 13.2. The van der Waals surface area contributed by atoms with Gasteiger partial charge in [0.25, 0.3) is 0 Å². The van der Waals surface area contributed by atoms with Gasteiger partial charge in [-0.25, -0.2) is 16.8 Å². The van der Waals surface area contributed by atoms with Crippen molar-refractivity contribution in [2.45, 2.75) is 172 Å². The van der Waals surface area contributed by atoms with Gasteiger partial charge in [-0.1, -0.05) is 178 Å². The van der Waals surface area contributed by atoms with Crippen LogP contribution in [0.4, 0.5) is 22.7 Å². The zero-order valence-electron chi connectivity index (χ0n) is 48.4. The van der Waals surface area contributed by atoms with Gasteiger partial charge in [0, 0.05) is 19.6 Å². The highest BCUT2D eigenvalue weighted by atomic mass is 32.2. The molecule has 78 heavy (non-hydrogen) atoms. The van der Waals surface area contributed by atoms with Crippen molar-refractivity contribution in [3.8, 4) is 0 Å². The predicted molar refractivity (Wildman–Crippen MR) is 331 cm³/mol. The van der Waals surface area contributed by atoms with E-state index < -0.39 is 43.2 Å². The van der Waals surface area contributed by atoms with Gasteiger partial charge in [0.1, 0.15) is 0 Å². The second-order valence-corrected chi connectivity index (χ2v) is 30.2. The first-order valence-corrected chi connectivity index (χ1v) is 31.1. The van der Waals surface area contributed by atoms with E-state index in [2.05, 4.69) is 118 Å². The van der Waals surface area contributed by atoms with Crippen molar-refractivity contribution in [3.63, 3.8) is 0 Å². The van der Waals surface area contributed by atoms with Crippen LogP contribution in [-0.2, 0) is 64.9 Å². The summed E-state index contributed by atoms with van der Waals surface area (Å²) in [5.41, 5.74) is 11.5. The highest BCUT2D eigenvalue weighted by Gasteiger charge is 2.26. The lowest BCUT2D eigenvalue weighted by Gasteiger charge is -2.24. The first kappa shape index (κ1) is 59.6. The van der Waals surface area contributed by atoms with Crippen molar-refractivity contribution in [2.75, 3.05) is 10.6 Å². The summed E-state index contributed by atoms with van der Waals surface area (Å²) in [7, 11) is -5.59. The summed E-state index contributed by atoms with van der Waals surface area (Å²) < 4.78 is 55.7. The maximum absolute atomic E-state index is 13.9. The van der Waals surface area contributed by atoms with Crippen LogP contribution in [0.2, 0.25) is 0 Å². The maximum atomic E-state index is 13.9. The van der Waals surface area contributed by atoms with Crippen LogP contribution < -0.4 is 10.6 Å². The Morgan fingerprint density at radius 1 is 0.256 bits per heavy atom. The van der Waals surface area contributed by atoms with E-state index in [1.807, 2.05) is 173 Å². The molecule has 10 heteroatoms. The molecule has 6 nitrogen and oxygen atoms in total. The third-order valence-corrected chi connectivity index (χ3v) is 19.4. The van der Waals surface area contributed by atoms with Crippen molar-refractivity contribution >= 4 is 65.9 Å². The molecule has 4 atom stereocenters. The van der Waals surface area contributed by atoms with Gasteiger partial charge in [-0.15, -0.1) is 0 Å². The second kappa shape index (κ2) is 24.1. The van der Waals surface area contributed by atoms with Crippen molar-refractivity contribution in [3.05, 3.63) is 214 Å². The van der Waals surface area contributed by atoms with Gasteiger partial charge in [0.2, 0.25) is 0 Å². The minimum absolute atomic E-state index is 0.1000. The second-order valence-electron chi connectivity index (χ2n) is 24.4. The Bertz CT molecular complexity index is 3050. The number of aryl methyl sites for hydroxylation is 4. The van der Waals surface area contributed by atoms with Gasteiger partial charge >= 0.3 is 0 Å². The third-order valence-electron chi connectivity index (χ3n) is 13.7. The molecule has 0 radical (unpaired) electrons. The molecule has 0 amide bonds. The standard InChI is InChI=1S/2C34H39NO2S2/c2*1-23-9-15-27(16-10-23)38(36)31-21-25(33(3,4)5)13-19-29(31)35-30-20-14-26(34(6,7)8)22-32(30)39(37)28-17-11-24(2)12-18-28/h2*9-22,35H,1-8H3/t2*38-,39-/m00/s1. The molecule has 0 spiro atoms. The predicted octanol–water partition coefficient (Wildman–Crippen LogP) is 18.0. The lowest BCUT2D eigenvalue weighted by atomic mass is 9.87. The normalized spacial score (nSPS) is 13.6. The van der Waals surface area contributed by atoms with Crippen LogP contribution >= 0.6 is 0 Å². The van der Waals surface area contributed by atoms with Crippen LogP contribution in [-0.4, -0.2) is 16.8 Å². The molecule has 0 bridgehead atoms. The molecule has 0 saturated carbocycles. The quantitative estimate of drug-likeness (QED) is 0.127. The maximum Gasteiger partial charge on any atom is 0.0870 e. The van der Waals surface area contributed by atoms with Crippen molar-refractivity contribution in [2.24, 2.45) is 0 Å². The van der Waals surface area contributed by atoms with Crippen LogP contribution in [0.5, 0.6) is 0 Å². The number of benzene rings is 8. The van der Waals surface area contributed by atoms with Gasteiger partial charge in [0.15, 0.2) is 0 Å². The Kier molecular flexibility index (Phi) is 18.4. The van der Waals surface area contributed by atoms with E-state index in [1.165, 1.54) is 0 Å². The molecule has 0 fully saturated rings. The van der Waals surface area contributed by atoms with E-state index in [4.69, 9.17) is 0 Å². The Morgan fingerprint density at radius 2 is 0.423 bits per heavy atom. The van der Waals surface area contributed by atoms with E-state index in [0.29, 0.717) is 19.6 Å². The van der Waals surface area contributed by atoms with E-state index in [0.717, 1.165) is 86.8 Å². The molecule has 0 unspecified atom stereocenters. The molecule has 0 aliphatic heterocycles. The number of rotatable bonds is 12. The van der Waals surface area contributed by atoms with Gasteiger partial charge in [-0.05, 0) is 169 Å². The summed E-state index contributed by atoms with van der Waals surface area (Å²) in [5, 5.41) is 7.07. The third kappa shape index (κ3) is 14.8. The van der Waals surface area contributed by atoms with Crippen LogP contribution in [0, 0.1) is 27.7 Å². The summed E-state index contributed by atoms with van der Waals surface area (Å²) in [6.45, 7) is 34.0. The van der Waals surface area contributed by atoms with Crippen LogP contribution in [0.3, 0.4) is 0 Å². The highest BCUT2D eigenvalue weighted by Crippen LogP contribution is 2.39. The molecule has 8 rings (SSSR count). The monoisotopic (exact) mass is 1110 g/mol. The molecule has 0 saturated heterocycles. The first-order valence-electron chi connectivity index (χ1n) is 26.5. The molecule has 8 aromatic carbocycles. The average molecular weight is 1120 g/mol. The van der Waals surface area contributed by atoms with Gasteiger partial charge in [0.05, 0.1) is 85.5 Å². The molecule has 0 heterocycles. The zero-order valence-corrected chi connectivity index (χ0v) is 51.7. The van der Waals surface area contributed by atoms with E-state index >= 15 is 0 Å². The fraction of sp³-hybridized carbons (Fsp3) is 0.294. The van der Waals surface area contributed by atoms with Crippen molar-refractivity contribution < 1.29 is 16.8 Å². The molecule has 2 N–H and O–H groups in total. The van der Waals surface area contributed by atoms with E-state index in [9.17, 15) is 16.8 Å². The lowest BCUT2D eigenvalue weighted by Crippen LogP contribution is -2.14. The molecular formula is C68H78N2O4S4. The Morgan fingerprint density at radius 3 is 0.577 bits per heavy atom. The minimum Gasteiger partial charge on any atom is -0.354 e. The fourth-order valence-electron chi connectivity index (χ4n) is 8.43. The van der Waals surface area contributed by atoms with Crippen molar-refractivity contribution in [1.29, 1.82) is 0 Å². The first-order chi connectivity index (χ1) is 36.5. The zero-order chi connectivity index (χ0) is 57.1. The number of anilines is 4. The van der Waals surface area contributed by atoms with E-state index in [1.54, 1.807) is 0 Å². The topological polar surface area (TPSA) is 92.3 Å². The van der Waals surface area contributed by atoms with Crippen LogP contribution in [0.1, 0.15) is 128 Å². The number of hydrogen-bond acceptors (Lipinski definition) is 6. The minimum atomic E-state index is -1.40. The van der Waals surface area contributed by atoms with E-state index in [-0.39, 0.29) is 21.7 Å². The smallest absolute Gasteiger partial charge is 0.0870 e. The van der Waals surface area contributed by atoms with Crippen LogP contribution in [0.25, 0.3) is 0 Å². The summed E-state index contributed by atoms with van der Waals surface area (Å²) in [6.07, 6.45) is 0. The van der Waals surface area contributed by atoms with Crippen LogP contribution in [0.15, 0.2) is 209 Å². The Labute approximate surface area is 476 Å². The molecule has 0 aliphatic carbocycles. The number of hydrogen-bond donors (Lipinski definition) is 2. The lowest BCUT2D eigenvalue weighted by molar-refractivity contribution is 0.588. The van der Waals surface area contributed by atoms with Gasteiger partial charge < -0.3 is 10.6 Å².